The van der Waals surface area contributed by atoms with Crippen molar-refractivity contribution in [2.45, 2.75) is 6.54 Å². The van der Waals surface area contributed by atoms with Crippen molar-refractivity contribution in [3.63, 3.8) is 0 Å². The number of halogens is 3. The van der Waals surface area contributed by atoms with Crippen LogP contribution in [0.3, 0.4) is 0 Å². The molecule has 128 valence electrons. The first-order valence-corrected chi connectivity index (χ1v) is 9.30. The van der Waals surface area contributed by atoms with E-state index in [0.717, 1.165) is 20.2 Å². The number of thiocarbonyl (C=S) groups is 1. The maximum Gasteiger partial charge on any atom is 0.176 e. The molecule has 0 fully saturated rings. The topological polar surface area (TPSA) is 41.9 Å². The highest BCUT2D eigenvalue weighted by atomic mass is 79.9. The fourth-order valence-corrected chi connectivity index (χ4v) is 3.04. The SMILES string of the molecule is Fc1ccc(Cn2cc(Br)c(NC(=S)Nc3ccc(Br)cc3)n2)cc1. The molecule has 0 saturated heterocycles. The van der Waals surface area contributed by atoms with E-state index in [1.807, 2.05) is 30.5 Å². The Kier molecular flexibility index (Phi) is 5.82. The van der Waals surface area contributed by atoms with Gasteiger partial charge >= 0.3 is 0 Å². The summed E-state index contributed by atoms with van der Waals surface area (Å²) >= 11 is 12.2. The second-order valence-corrected chi connectivity index (χ2v) is 7.41. The molecule has 0 saturated carbocycles. The van der Waals surface area contributed by atoms with Crippen molar-refractivity contribution in [3.05, 3.63) is 75.1 Å². The van der Waals surface area contributed by atoms with Crippen molar-refractivity contribution >= 4 is 60.7 Å². The molecule has 0 bridgehead atoms. The lowest BCUT2D eigenvalue weighted by atomic mass is 10.2. The summed E-state index contributed by atoms with van der Waals surface area (Å²) in [7, 11) is 0. The minimum atomic E-state index is -0.253. The van der Waals surface area contributed by atoms with Crippen LogP contribution in [0.15, 0.2) is 63.7 Å². The first kappa shape index (κ1) is 18.0. The fraction of sp³-hybridized carbons (Fsp3) is 0.0588. The summed E-state index contributed by atoms with van der Waals surface area (Å²) < 4.78 is 16.5. The maximum atomic E-state index is 13.0. The second-order valence-electron chi connectivity index (χ2n) is 5.24. The van der Waals surface area contributed by atoms with Gasteiger partial charge in [-0.2, -0.15) is 5.10 Å². The Balaban J connectivity index is 1.64. The number of nitrogens with zero attached hydrogens (tertiary/aromatic N) is 2. The summed E-state index contributed by atoms with van der Waals surface area (Å²) in [6.07, 6.45) is 1.84. The van der Waals surface area contributed by atoms with Crippen LogP contribution in [0.1, 0.15) is 5.56 Å². The van der Waals surface area contributed by atoms with Crippen molar-refractivity contribution in [3.8, 4) is 0 Å². The molecular formula is C17H13Br2FN4S. The summed E-state index contributed by atoms with van der Waals surface area (Å²) in [4.78, 5) is 0. The first-order valence-electron chi connectivity index (χ1n) is 7.30. The van der Waals surface area contributed by atoms with Gasteiger partial charge in [0, 0.05) is 16.4 Å². The molecule has 0 aliphatic rings. The van der Waals surface area contributed by atoms with Gasteiger partial charge in [0.2, 0.25) is 0 Å². The monoisotopic (exact) mass is 482 g/mol. The Labute approximate surface area is 166 Å². The van der Waals surface area contributed by atoms with Crippen molar-refractivity contribution in [1.29, 1.82) is 0 Å². The summed E-state index contributed by atoms with van der Waals surface area (Å²) in [5, 5.41) is 11.0. The maximum absolute atomic E-state index is 13.0. The minimum Gasteiger partial charge on any atom is -0.332 e. The first-order chi connectivity index (χ1) is 12.0. The lowest BCUT2D eigenvalue weighted by molar-refractivity contribution is 0.624. The van der Waals surface area contributed by atoms with E-state index in [4.69, 9.17) is 12.2 Å². The molecule has 0 spiro atoms. The lowest BCUT2D eigenvalue weighted by Gasteiger charge is -2.09. The average Bonchev–Trinajstić information content (AvgIpc) is 2.91. The van der Waals surface area contributed by atoms with Crippen LogP contribution < -0.4 is 10.6 Å². The molecule has 8 heteroatoms. The van der Waals surface area contributed by atoms with Gasteiger partial charge in [0.15, 0.2) is 10.9 Å². The molecule has 0 atom stereocenters. The summed E-state index contributed by atoms with van der Waals surface area (Å²) in [6, 6.07) is 14.0. The molecule has 1 aromatic heterocycles. The van der Waals surface area contributed by atoms with Gasteiger partial charge in [0.05, 0.1) is 11.0 Å². The molecular weight excluding hydrogens is 471 g/mol. The Morgan fingerprint density at radius 3 is 2.40 bits per heavy atom. The highest BCUT2D eigenvalue weighted by Crippen LogP contribution is 2.21. The van der Waals surface area contributed by atoms with Gasteiger partial charge in [0.1, 0.15) is 5.82 Å². The minimum absolute atomic E-state index is 0.253. The molecule has 3 rings (SSSR count). The van der Waals surface area contributed by atoms with Gasteiger partial charge in [0.25, 0.3) is 0 Å². The number of rotatable bonds is 4. The van der Waals surface area contributed by atoms with Crippen molar-refractivity contribution in [2.24, 2.45) is 0 Å². The Morgan fingerprint density at radius 1 is 1.04 bits per heavy atom. The Morgan fingerprint density at radius 2 is 1.72 bits per heavy atom. The summed E-state index contributed by atoms with van der Waals surface area (Å²) in [6.45, 7) is 0.535. The normalized spacial score (nSPS) is 10.5. The highest BCUT2D eigenvalue weighted by molar-refractivity contribution is 9.10. The van der Waals surface area contributed by atoms with E-state index < -0.39 is 0 Å². The molecule has 4 nitrogen and oxygen atoms in total. The van der Waals surface area contributed by atoms with Crippen LogP contribution in [0.25, 0.3) is 0 Å². The molecule has 3 aromatic rings. The molecule has 0 unspecified atom stereocenters. The van der Waals surface area contributed by atoms with Crippen LogP contribution in [0.4, 0.5) is 15.9 Å². The average molecular weight is 484 g/mol. The van der Waals surface area contributed by atoms with Gasteiger partial charge in [-0.25, -0.2) is 4.39 Å². The van der Waals surface area contributed by atoms with Gasteiger partial charge in [-0.1, -0.05) is 28.1 Å². The van der Waals surface area contributed by atoms with Crippen molar-refractivity contribution in [1.82, 2.24) is 9.78 Å². The van der Waals surface area contributed by atoms with Crippen molar-refractivity contribution in [2.75, 3.05) is 10.6 Å². The quantitative estimate of drug-likeness (QED) is 0.487. The predicted molar refractivity (Wildman–Crippen MR) is 109 cm³/mol. The fourth-order valence-electron chi connectivity index (χ4n) is 2.14. The zero-order valence-corrected chi connectivity index (χ0v) is 16.8. The molecule has 1 heterocycles. The third-order valence-electron chi connectivity index (χ3n) is 3.31. The van der Waals surface area contributed by atoms with Crippen LogP contribution in [0.2, 0.25) is 0 Å². The Bertz CT molecular complexity index is 879. The van der Waals surface area contributed by atoms with Crippen molar-refractivity contribution < 1.29 is 4.39 Å². The number of benzene rings is 2. The van der Waals surface area contributed by atoms with E-state index in [1.54, 1.807) is 16.8 Å². The Hall–Kier alpha value is -1.77. The van der Waals surface area contributed by atoms with Crippen LogP contribution in [-0.4, -0.2) is 14.9 Å². The molecule has 2 aromatic carbocycles. The molecule has 0 aliphatic carbocycles. The third kappa shape index (κ3) is 5.10. The summed E-state index contributed by atoms with van der Waals surface area (Å²) in [5.74, 6) is 0.355. The lowest BCUT2D eigenvalue weighted by Crippen LogP contribution is -2.19. The van der Waals surface area contributed by atoms with Crippen LogP contribution in [-0.2, 0) is 6.54 Å². The van der Waals surface area contributed by atoms with Gasteiger partial charge in [-0.15, -0.1) is 0 Å². The molecule has 0 radical (unpaired) electrons. The number of aromatic nitrogens is 2. The van der Waals surface area contributed by atoms with Gasteiger partial charge < -0.3 is 10.6 Å². The van der Waals surface area contributed by atoms with Gasteiger partial charge in [-0.05, 0) is 70.1 Å². The standard InChI is InChI=1S/C17H13Br2FN4S/c18-12-3-7-14(8-4-12)21-17(25)22-16-15(19)10-24(23-16)9-11-1-5-13(20)6-2-11/h1-8,10H,9H2,(H2,21,22,23,25). The van der Waals surface area contributed by atoms with E-state index in [2.05, 4.69) is 47.6 Å². The highest BCUT2D eigenvalue weighted by Gasteiger charge is 2.09. The second kappa shape index (κ2) is 8.07. The van der Waals surface area contributed by atoms with Crippen LogP contribution in [0.5, 0.6) is 0 Å². The third-order valence-corrected chi connectivity index (χ3v) is 4.62. The zero-order chi connectivity index (χ0) is 17.8. The number of hydrogen-bond donors (Lipinski definition) is 2. The number of nitrogens with one attached hydrogen (secondary N) is 2. The van der Waals surface area contributed by atoms with E-state index in [1.165, 1.54) is 12.1 Å². The smallest absolute Gasteiger partial charge is 0.176 e. The molecule has 0 amide bonds. The van der Waals surface area contributed by atoms with Crippen LogP contribution in [0, 0.1) is 5.82 Å². The van der Waals surface area contributed by atoms with E-state index in [9.17, 15) is 4.39 Å². The van der Waals surface area contributed by atoms with E-state index in [-0.39, 0.29) is 5.82 Å². The van der Waals surface area contributed by atoms with Crippen LogP contribution >= 0.6 is 44.1 Å². The zero-order valence-electron chi connectivity index (χ0n) is 12.8. The summed E-state index contributed by atoms with van der Waals surface area (Å²) in [5.41, 5.74) is 1.83. The molecule has 0 aliphatic heterocycles. The largest absolute Gasteiger partial charge is 0.332 e. The predicted octanol–water partition coefficient (Wildman–Crippen LogP) is 5.40. The van der Waals surface area contributed by atoms with E-state index in [0.29, 0.717) is 17.5 Å². The number of hydrogen-bond acceptors (Lipinski definition) is 2. The van der Waals surface area contributed by atoms with E-state index >= 15 is 0 Å². The number of anilines is 2. The molecule has 2 N–H and O–H groups in total. The molecule has 25 heavy (non-hydrogen) atoms. The van der Waals surface area contributed by atoms with Gasteiger partial charge in [-0.3, -0.25) is 4.68 Å².